The molecule has 0 aromatic heterocycles. The normalized spacial score (nSPS) is 14.4. The first-order chi connectivity index (χ1) is 30.5. The standard InChI is InChI=1S/C26H34N2O4S2.C22H26N2O4S2/c1-25(2,17-33-21-9-5-19(29)6-10-21)23(31)27-13-15-28(16-14-27)24(32)26(3,4)18-34-22-11-7-20(30)8-12-22;25-17-1-5-19(6-2-17)29-15-9-21(27)23-11-13-24(14-12-23)22(28)10-16-30-20-7-3-18(26)4-8-20/h5-12,29-30H,13-18H2,1-4H3;1-8,25-26H,9-16H2. The fourth-order valence-electron chi connectivity index (χ4n) is 6.82. The Morgan fingerprint density at radius 3 is 0.906 bits per heavy atom. The first-order valence-electron chi connectivity index (χ1n) is 21.3. The van der Waals surface area contributed by atoms with Crippen LogP contribution >= 0.6 is 47.0 Å². The van der Waals surface area contributed by atoms with Gasteiger partial charge >= 0.3 is 0 Å². The van der Waals surface area contributed by atoms with Gasteiger partial charge in [0.05, 0.1) is 10.8 Å². The summed E-state index contributed by atoms with van der Waals surface area (Å²) in [6.07, 6.45) is 0.922. The zero-order valence-electron chi connectivity index (χ0n) is 37.0. The number of aromatic hydroxyl groups is 4. The molecule has 4 aromatic rings. The topological polar surface area (TPSA) is 162 Å². The number of amides is 4. The van der Waals surface area contributed by atoms with Crippen LogP contribution in [0.15, 0.2) is 117 Å². The average Bonchev–Trinajstić information content (AvgIpc) is 3.29. The Balaban J connectivity index is 0.000000243. The molecule has 4 aromatic carbocycles. The van der Waals surface area contributed by atoms with Crippen molar-refractivity contribution < 1.29 is 39.6 Å². The quantitative estimate of drug-likeness (QED) is 0.0800. The van der Waals surface area contributed by atoms with E-state index in [-0.39, 0.29) is 46.6 Å². The SMILES string of the molecule is CC(C)(CSc1ccc(O)cc1)C(=O)N1CCN(C(=O)C(C)(C)CSc2ccc(O)cc2)CC1.O=C(CCSc1ccc(O)cc1)N1CCN(C(=O)CCSc2ccc(O)cc2)CC1. The third-order valence-corrected chi connectivity index (χ3v) is 15.7. The molecule has 16 heteroatoms. The highest BCUT2D eigenvalue weighted by Gasteiger charge is 2.38. The minimum atomic E-state index is -0.533. The summed E-state index contributed by atoms with van der Waals surface area (Å²) in [4.78, 5) is 62.8. The number of hydrogen-bond donors (Lipinski definition) is 4. The van der Waals surface area contributed by atoms with Gasteiger partial charge in [-0.1, -0.05) is 27.7 Å². The van der Waals surface area contributed by atoms with Crippen LogP contribution in [0.3, 0.4) is 0 Å². The predicted molar refractivity (Wildman–Crippen MR) is 258 cm³/mol. The fraction of sp³-hybridized carbons (Fsp3) is 0.417. The number of carbonyl (C=O) groups is 4. The van der Waals surface area contributed by atoms with Crippen molar-refractivity contribution >= 4 is 70.7 Å². The fourth-order valence-corrected chi connectivity index (χ4v) is 10.5. The van der Waals surface area contributed by atoms with Crippen molar-refractivity contribution in [2.45, 2.75) is 60.1 Å². The molecule has 6 rings (SSSR count). The lowest BCUT2D eigenvalue weighted by atomic mass is 9.92. The summed E-state index contributed by atoms with van der Waals surface area (Å²) < 4.78 is 0. The maximum Gasteiger partial charge on any atom is 0.229 e. The Morgan fingerprint density at radius 1 is 0.406 bits per heavy atom. The monoisotopic (exact) mass is 948 g/mol. The highest BCUT2D eigenvalue weighted by atomic mass is 32.2. The van der Waals surface area contributed by atoms with Crippen LogP contribution in [0, 0.1) is 10.8 Å². The summed E-state index contributed by atoms with van der Waals surface area (Å²) in [5.41, 5.74) is -1.07. The van der Waals surface area contributed by atoms with E-state index >= 15 is 0 Å². The minimum Gasteiger partial charge on any atom is -0.508 e. The number of carbonyl (C=O) groups excluding carboxylic acids is 4. The molecule has 2 fully saturated rings. The van der Waals surface area contributed by atoms with Crippen molar-refractivity contribution in [3.63, 3.8) is 0 Å². The van der Waals surface area contributed by atoms with Crippen molar-refractivity contribution in [2.24, 2.45) is 10.8 Å². The van der Waals surface area contributed by atoms with Crippen molar-refractivity contribution in [2.75, 3.05) is 75.4 Å². The number of nitrogens with zero attached hydrogens (tertiary/aromatic N) is 4. The van der Waals surface area contributed by atoms with Gasteiger partial charge in [-0.15, -0.1) is 47.0 Å². The van der Waals surface area contributed by atoms with Crippen molar-refractivity contribution in [1.82, 2.24) is 19.6 Å². The molecule has 0 radical (unpaired) electrons. The molecule has 2 aliphatic heterocycles. The van der Waals surface area contributed by atoms with Crippen LogP contribution < -0.4 is 0 Å². The molecular formula is C48H60N4O8S4. The summed E-state index contributed by atoms with van der Waals surface area (Å²) in [7, 11) is 0. The van der Waals surface area contributed by atoms with Crippen LogP contribution in [-0.2, 0) is 19.2 Å². The second kappa shape index (κ2) is 24.0. The molecule has 4 N–H and O–H groups in total. The van der Waals surface area contributed by atoms with E-state index in [1.54, 1.807) is 95.6 Å². The minimum absolute atomic E-state index is 0.105. The van der Waals surface area contributed by atoms with Crippen LogP contribution in [0.1, 0.15) is 40.5 Å². The molecule has 0 aliphatic carbocycles. The van der Waals surface area contributed by atoms with Gasteiger partial charge in [0.2, 0.25) is 23.6 Å². The van der Waals surface area contributed by atoms with Gasteiger partial charge in [0.1, 0.15) is 23.0 Å². The maximum absolute atomic E-state index is 13.2. The van der Waals surface area contributed by atoms with E-state index in [1.165, 1.54) is 0 Å². The summed E-state index contributed by atoms with van der Waals surface area (Å²) in [6, 6.07) is 28.0. The van der Waals surface area contributed by atoms with Crippen LogP contribution in [-0.4, -0.2) is 139 Å². The molecule has 0 spiro atoms. The molecule has 344 valence electrons. The molecule has 4 amide bonds. The maximum atomic E-state index is 13.2. The summed E-state index contributed by atoms with van der Waals surface area (Å²) >= 11 is 6.40. The van der Waals surface area contributed by atoms with Crippen molar-refractivity contribution in [3.8, 4) is 23.0 Å². The largest absolute Gasteiger partial charge is 0.508 e. The number of thioether (sulfide) groups is 4. The molecule has 12 nitrogen and oxygen atoms in total. The van der Waals surface area contributed by atoms with E-state index in [0.717, 1.165) is 19.6 Å². The predicted octanol–water partition coefficient (Wildman–Crippen LogP) is 8.14. The number of rotatable bonds is 16. The van der Waals surface area contributed by atoms with Gasteiger partial charge in [0, 0.05) is 108 Å². The molecule has 0 atom stereocenters. The molecule has 2 saturated heterocycles. The molecule has 2 aliphatic rings. The van der Waals surface area contributed by atoms with Crippen molar-refractivity contribution in [1.29, 1.82) is 0 Å². The lowest BCUT2D eigenvalue weighted by Gasteiger charge is -2.41. The highest BCUT2D eigenvalue weighted by Crippen LogP contribution is 2.33. The Bertz CT molecular complexity index is 1970. The van der Waals surface area contributed by atoms with E-state index < -0.39 is 10.8 Å². The van der Waals surface area contributed by atoms with Crippen LogP contribution in [0.4, 0.5) is 0 Å². The first kappa shape index (κ1) is 50.4. The van der Waals surface area contributed by atoms with Gasteiger partial charge in [0.25, 0.3) is 0 Å². The average molecular weight is 949 g/mol. The van der Waals surface area contributed by atoms with Gasteiger partial charge in [-0.2, -0.15) is 0 Å². The van der Waals surface area contributed by atoms with Gasteiger partial charge in [0.15, 0.2) is 0 Å². The molecule has 0 saturated carbocycles. The zero-order chi connectivity index (χ0) is 46.3. The molecular weight excluding hydrogens is 889 g/mol. The number of phenols is 4. The Kier molecular flexibility index (Phi) is 18.9. The summed E-state index contributed by atoms with van der Waals surface area (Å²) in [6.45, 7) is 12.3. The smallest absolute Gasteiger partial charge is 0.229 e. The Hall–Kier alpha value is -4.64. The number of phenolic OH excluding ortho intramolecular Hbond substituents is 4. The van der Waals surface area contributed by atoms with Crippen molar-refractivity contribution in [3.05, 3.63) is 97.1 Å². The van der Waals surface area contributed by atoms with Gasteiger partial charge in [-0.05, 0) is 97.1 Å². The summed E-state index contributed by atoms with van der Waals surface area (Å²) in [5.74, 6) is 4.05. The highest BCUT2D eigenvalue weighted by molar-refractivity contribution is 8.00. The van der Waals surface area contributed by atoms with Crippen LogP contribution in [0.25, 0.3) is 0 Å². The van der Waals surface area contributed by atoms with Gasteiger partial charge in [-0.3, -0.25) is 19.2 Å². The third-order valence-electron chi connectivity index (χ3n) is 10.7. The molecule has 2 heterocycles. The van der Waals surface area contributed by atoms with E-state index in [9.17, 15) is 39.6 Å². The van der Waals surface area contributed by atoms with E-state index in [2.05, 4.69) is 0 Å². The van der Waals surface area contributed by atoms with Crippen LogP contribution in [0.5, 0.6) is 23.0 Å². The van der Waals surface area contributed by atoms with E-state index in [1.807, 2.05) is 95.8 Å². The summed E-state index contributed by atoms with van der Waals surface area (Å²) in [5, 5.41) is 37.5. The molecule has 0 unspecified atom stereocenters. The molecule has 64 heavy (non-hydrogen) atoms. The third kappa shape index (κ3) is 15.8. The van der Waals surface area contributed by atoms with Gasteiger partial charge in [-0.25, -0.2) is 0 Å². The second-order valence-corrected chi connectivity index (χ2v) is 21.3. The number of benzene rings is 4. The number of hydrogen-bond acceptors (Lipinski definition) is 12. The number of piperazine rings is 2. The Morgan fingerprint density at radius 2 is 0.641 bits per heavy atom. The molecule has 0 bridgehead atoms. The van der Waals surface area contributed by atoms with Gasteiger partial charge < -0.3 is 40.0 Å². The van der Waals surface area contributed by atoms with E-state index in [0.29, 0.717) is 88.2 Å². The van der Waals surface area contributed by atoms with Crippen LogP contribution in [0.2, 0.25) is 0 Å². The van der Waals surface area contributed by atoms with E-state index in [4.69, 9.17) is 0 Å². The zero-order valence-corrected chi connectivity index (χ0v) is 40.2. The lowest BCUT2D eigenvalue weighted by Crippen LogP contribution is -2.56. The lowest BCUT2D eigenvalue weighted by molar-refractivity contribution is -0.147. The first-order valence-corrected chi connectivity index (χ1v) is 25.2. The Labute approximate surface area is 394 Å². The second-order valence-electron chi connectivity index (χ2n) is 16.9.